The van der Waals surface area contributed by atoms with Gasteiger partial charge >= 0.3 is 6.16 Å². The predicted molar refractivity (Wildman–Crippen MR) is 106 cm³/mol. The molecule has 0 radical (unpaired) electrons. The van der Waals surface area contributed by atoms with Gasteiger partial charge in [0.25, 0.3) is 0 Å². The highest BCUT2D eigenvalue weighted by molar-refractivity contribution is 5.57. The van der Waals surface area contributed by atoms with E-state index in [4.69, 9.17) is 9.84 Å². The van der Waals surface area contributed by atoms with Gasteiger partial charge in [-0.25, -0.2) is 4.79 Å². The average molecular weight is 354 g/mol. The molecule has 26 heavy (non-hydrogen) atoms. The van der Waals surface area contributed by atoms with Crippen molar-refractivity contribution in [1.29, 1.82) is 0 Å². The first-order valence-corrected chi connectivity index (χ1v) is 9.72. The van der Waals surface area contributed by atoms with E-state index in [-0.39, 0.29) is 6.10 Å². The maximum absolute atomic E-state index is 11.1. The number of carboxylic acid groups (broad SMARTS) is 1. The molecule has 0 spiro atoms. The summed E-state index contributed by atoms with van der Waals surface area (Å²) in [6.07, 6.45) is 6.70. The van der Waals surface area contributed by atoms with Gasteiger partial charge in [0, 0.05) is 0 Å². The standard InChI is InChI=1S/C23H30O3/c1-2-12-20-16-10-11-17-21(20)22(26-23(24)25)18-9-4-3-6-13-19-14-7-5-8-15-19/h5,7-8,10-11,14-17,22H,2-4,6,9,12-13,18H2,1H3,(H,24,25). The molecular weight excluding hydrogens is 324 g/mol. The largest absolute Gasteiger partial charge is 0.506 e. The van der Waals surface area contributed by atoms with Crippen LogP contribution in [0.25, 0.3) is 0 Å². The molecule has 1 atom stereocenters. The molecule has 0 saturated heterocycles. The van der Waals surface area contributed by atoms with Crippen molar-refractivity contribution in [3.8, 4) is 0 Å². The number of aryl methyl sites for hydroxylation is 2. The predicted octanol–water partition coefficient (Wildman–Crippen LogP) is 6.57. The minimum absolute atomic E-state index is 0.357. The first-order chi connectivity index (χ1) is 12.7. The molecule has 3 heteroatoms. The summed E-state index contributed by atoms with van der Waals surface area (Å²) in [5.74, 6) is 0. The lowest BCUT2D eigenvalue weighted by molar-refractivity contribution is 0.0460. The molecule has 0 saturated carbocycles. The smallest absolute Gasteiger partial charge is 0.450 e. The van der Waals surface area contributed by atoms with Crippen molar-refractivity contribution in [1.82, 2.24) is 0 Å². The van der Waals surface area contributed by atoms with Crippen LogP contribution in [0.1, 0.15) is 68.2 Å². The monoisotopic (exact) mass is 354 g/mol. The molecule has 140 valence electrons. The molecule has 0 heterocycles. The molecule has 0 aliphatic heterocycles. The van der Waals surface area contributed by atoms with Crippen LogP contribution in [0.5, 0.6) is 0 Å². The Morgan fingerprint density at radius 3 is 2.35 bits per heavy atom. The van der Waals surface area contributed by atoms with E-state index in [0.29, 0.717) is 0 Å². The maximum atomic E-state index is 11.1. The van der Waals surface area contributed by atoms with Gasteiger partial charge in [0.05, 0.1) is 0 Å². The van der Waals surface area contributed by atoms with E-state index < -0.39 is 6.16 Å². The SMILES string of the molecule is CCCc1ccccc1C(CCCCCCc1ccccc1)OC(=O)O. The molecule has 2 aromatic carbocycles. The summed E-state index contributed by atoms with van der Waals surface area (Å²) in [5.41, 5.74) is 3.61. The van der Waals surface area contributed by atoms with Crippen LogP contribution in [0.15, 0.2) is 54.6 Å². The Bertz CT molecular complexity index is 652. The van der Waals surface area contributed by atoms with Crippen molar-refractivity contribution in [3.05, 3.63) is 71.3 Å². The maximum Gasteiger partial charge on any atom is 0.506 e. The van der Waals surface area contributed by atoms with Crippen molar-refractivity contribution >= 4 is 6.16 Å². The number of benzene rings is 2. The van der Waals surface area contributed by atoms with Crippen molar-refractivity contribution < 1.29 is 14.6 Å². The molecular formula is C23H30O3. The summed E-state index contributed by atoms with van der Waals surface area (Å²) in [5, 5.41) is 9.11. The Balaban J connectivity index is 1.81. The zero-order valence-corrected chi connectivity index (χ0v) is 15.7. The quantitative estimate of drug-likeness (QED) is 0.367. The minimum Gasteiger partial charge on any atom is -0.450 e. The average Bonchev–Trinajstić information content (AvgIpc) is 2.65. The Morgan fingerprint density at radius 1 is 0.923 bits per heavy atom. The number of ether oxygens (including phenoxy) is 1. The third-order valence-electron chi connectivity index (χ3n) is 4.69. The summed E-state index contributed by atoms with van der Waals surface area (Å²) in [6.45, 7) is 2.14. The summed E-state index contributed by atoms with van der Waals surface area (Å²) < 4.78 is 5.22. The normalized spacial score (nSPS) is 11.9. The molecule has 0 aliphatic rings. The molecule has 0 aromatic heterocycles. The Labute approximate surface area is 157 Å². The fourth-order valence-electron chi connectivity index (χ4n) is 3.40. The lowest BCUT2D eigenvalue weighted by atomic mass is 9.95. The van der Waals surface area contributed by atoms with Crippen molar-refractivity contribution in [2.45, 2.75) is 64.4 Å². The second-order valence-electron chi connectivity index (χ2n) is 6.76. The second kappa shape index (κ2) is 11.3. The number of carbonyl (C=O) groups is 1. The van der Waals surface area contributed by atoms with Gasteiger partial charge < -0.3 is 9.84 Å². The Kier molecular flexibility index (Phi) is 8.74. The zero-order valence-electron chi connectivity index (χ0n) is 15.7. The van der Waals surface area contributed by atoms with Gasteiger partial charge in [-0.15, -0.1) is 0 Å². The van der Waals surface area contributed by atoms with Gasteiger partial charge in [-0.2, -0.15) is 0 Å². The van der Waals surface area contributed by atoms with Crippen LogP contribution in [0.4, 0.5) is 4.79 Å². The summed E-state index contributed by atoms with van der Waals surface area (Å²) >= 11 is 0. The number of hydrogen-bond donors (Lipinski definition) is 1. The molecule has 0 fully saturated rings. The molecule has 2 aromatic rings. The van der Waals surface area contributed by atoms with Crippen LogP contribution in [-0.4, -0.2) is 11.3 Å². The topological polar surface area (TPSA) is 46.5 Å². The van der Waals surface area contributed by atoms with E-state index in [1.54, 1.807) is 0 Å². The van der Waals surface area contributed by atoms with E-state index in [2.05, 4.69) is 37.3 Å². The molecule has 0 amide bonds. The number of rotatable bonds is 11. The third kappa shape index (κ3) is 6.91. The van der Waals surface area contributed by atoms with Crippen LogP contribution in [0.2, 0.25) is 0 Å². The Morgan fingerprint density at radius 2 is 1.62 bits per heavy atom. The summed E-state index contributed by atoms with van der Waals surface area (Å²) in [6, 6.07) is 18.6. The van der Waals surface area contributed by atoms with Gasteiger partial charge in [-0.1, -0.05) is 80.8 Å². The van der Waals surface area contributed by atoms with Crippen LogP contribution >= 0.6 is 0 Å². The van der Waals surface area contributed by atoms with E-state index >= 15 is 0 Å². The zero-order chi connectivity index (χ0) is 18.6. The first-order valence-electron chi connectivity index (χ1n) is 9.72. The molecule has 3 nitrogen and oxygen atoms in total. The van der Waals surface area contributed by atoms with Gasteiger partial charge in [-0.3, -0.25) is 0 Å². The molecule has 2 rings (SSSR count). The highest BCUT2D eigenvalue weighted by atomic mass is 16.7. The molecule has 0 bridgehead atoms. The van der Waals surface area contributed by atoms with Crippen LogP contribution < -0.4 is 0 Å². The number of unbranched alkanes of at least 4 members (excludes halogenated alkanes) is 3. The van der Waals surface area contributed by atoms with Crippen molar-refractivity contribution in [3.63, 3.8) is 0 Å². The fourth-order valence-corrected chi connectivity index (χ4v) is 3.40. The molecule has 1 unspecified atom stereocenters. The van der Waals surface area contributed by atoms with E-state index in [1.165, 1.54) is 17.5 Å². The van der Waals surface area contributed by atoms with Gasteiger partial charge in [-0.05, 0) is 48.8 Å². The fraction of sp³-hybridized carbons (Fsp3) is 0.435. The van der Waals surface area contributed by atoms with Gasteiger partial charge in [0.1, 0.15) is 6.10 Å². The van der Waals surface area contributed by atoms with Crippen LogP contribution in [0, 0.1) is 0 Å². The Hall–Kier alpha value is -2.29. The highest BCUT2D eigenvalue weighted by Crippen LogP contribution is 2.28. The molecule has 1 N–H and O–H groups in total. The lowest BCUT2D eigenvalue weighted by Crippen LogP contribution is -2.11. The summed E-state index contributed by atoms with van der Waals surface area (Å²) in [4.78, 5) is 11.1. The highest BCUT2D eigenvalue weighted by Gasteiger charge is 2.18. The third-order valence-corrected chi connectivity index (χ3v) is 4.69. The van der Waals surface area contributed by atoms with Gasteiger partial charge in [0.2, 0.25) is 0 Å². The van der Waals surface area contributed by atoms with Gasteiger partial charge in [0.15, 0.2) is 0 Å². The van der Waals surface area contributed by atoms with Crippen molar-refractivity contribution in [2.24, 2.45) is 0 Å². The van der Waals surface area contributed by atoms with E-state index in [9.17, 15) is 4.79 Å². The van der Waals surface area contributed by atoms with Crippen LogP contribution in [-0.2, 0) is 17.6 Å². The first kappa shape index (κ1) is 20.0. The lowest BCUT2D eigenvalue weighted by Gasteiger charge is -2.19. The number of hydrogen-bond acceptors (Lipinski definition) is 2. The van der Waals surface area contributed by atoms with Crippen molar-refractivity contribution in [2.75, 3.05) is 0 Å². The van der Waals surface area contributed by atoms with Crippen LogP contribution in [0.3, 0.4) is 0 Å². The second-order valence-corrected chi connectivity index (χ2v) is 6.76. The van der Waals surface area contributed by atoms with E-state index in [1.807, 2.05) is 24.3 Å². The summed E-state index contributed by atoms with van der Waals surface area (Å²) in [7, 11) is 0. The minimum atomic E-state index is -1.19. The van der Waals surface area contributed by atoms with E-state index in [0.717, 1.165) is 50.5 Å². The molecule has 0 aliphatic carbocycles.